The summed E-state index contributed by atoms with van der Waals surface area (Å²) < 4.78 is 13.4. The van der Waals surface area contributed by atoms with Gasteiger partial charge in [-0.2, -0.15) is 0 Å². The highest BCUT2D eigenvalue weighted by Crippen LogP contribution is 2.34. The fourth-order valence-electron chi connectivity index (χ4n) is 5.08. The maximum absolute atomic E-state index is 13.4. The van der Waals surface area contributed by atoms with Gasteiger partial charge in [0.2, 0.25) is 0 Å². The highest BCUT2D eigenvalue weighted by molar-refractivity contribution is 5.88. The first-order valence-electron chi connectivity index (χ1n) is 11.2. The van der Waals surface area contributed by atoms with E-state index in [0.717, 1.165) is 44.3 Å². The molecule has 29 heavy (non-hydrogen) atoms. The number of rotatable bonds is 6. The molecule has 0 radical (unpaired) electrons. The first-order valence-corrected chi connectivity index (χ1v) is 11.2. The van der Waals surface area contributed by atoms with Crippen LogP contribution in [0, 0.1) is 11.7 Å². The van der Waals surface area contributed by atoms with E-state index >= 15 is 0 Å². The number of carbonyl (C=O) groups excluding carboxylic acids is 1. The summed E-state index contributed by atoms with van der Waals surface area (Å²) in [7, 11) is 2.19. The largest absolute Gasteiger partial charge is 0.306 e. The number of nitrogens with zero attached hydrogens (tertiary/aromatic N) is 1. The molecule has 4 rings (SSSR count). The van der Waals surface area contributed by atoms with Crippen molar-refractivity contribution in [3.05, 3.63) is 71.0 Å². The number of hydrogen-bond acceptors (Lipinski definition) is 2. The summed E-state index contributed by atoms with van der Waals surface area (Å²) in [5, 5.41) is 0. The second-order valence-electron chi connectivity index (χ2n) is 9.01. The van der Waals surface area contributed by atoms with Crippen LogP contribution in [0.4, 0.5) is 4.39 Å². The molecule has 2 aromatic rings. The molecule has 1 aliphatic carbocycles. The number of Topliss-reactive ketones (excluding diaryl/α,β-unsaturated/α-hetero) is 1. The molecule has 0 amide bonds. The average Bonchev–Trinajstić information content (AvgIpc) is 3.28. The van der Waals surface area contributed by atoms with Crippen LogP contribution in [0.15, 0.2) is 48.5 Å². The Hall–Kier alpha value is -2.00. The molecule has 0 spiro atoms. The van der Waals surface area contributed by atoms with Crippen LogP contribution in [0.3, 0.4) is 0 Å². The van der Waals surface area contributed by atoms with Crippen molar-refractivity contribution in [2.45, 2.75) is 56.8 Å². The van der Waals surface area contributed by atoms with Gasteiger partial charge in [-0.25, -0.2) is 4.39 Å². The van der Waals surface area contributed by atoms with Gasteiger partial charge in [-0.05, 0) is 87.0 Å². The Bertz CT molecular complexity index is 806. The lowest BCUT2D eigenvalue weighted by Gasteiger charge is -2.29. The topological polar surface area (TPSA) is 20.3 Å². The lowest BCUT2D eigenvalue weighted by molar-refractivity contribution is -0.124. The number of ketones is 1. The van der Waals surface area contributed by atoms with Gasteiger partial charge in [0.15, 0.2) is 0 Å². The molecular formula is C26H34FNO. The highest BCUT2D eigenvalue weighted by atomic mass is 19.1. The molecule has 1 saturated carbocycles. The summed E-state index contributed by atoms with van der Waals surface area (Å²) in [4.78, 5) is 15.7. The van der Waals surface area contributed by atoms with Crippen molar-refractivity contribution in [2.75, 3.05) is 20.1 Å². The summed E-state index contributed by atoms with van der Waals surface area (Å²) in [6.07, 6.45) is 7.45. The molecule has 1 saturated heterocycles. The van der Waals surface area contributed by atoms with E-state index in [1.54, 1.807) is 12.1 Å². The first kappa shape index (κ1) is 20.3. The smallest absolute Gasteiger partial charge is 0.143 e. The second kappa shape index (κ2) is 9.21. The molecule has 3 heteroatoms. The molecule has 0 aromatic heterocycles. The van der Waals surface area contributed by atoms with Crippen LogP contribution in [0.2, 0.25) is 0 Å². The molecule has 0 N–H and O–H groups in total. The van der Waals surface area contributed by atoms with Gasteiger partial charge in [-0.3, -0.25) is 4.79 Å². The van der Waals surface area contributed by atoms with Crippen LogP contribution in [-0.4, -0.2) is 30.8 Å². The maximum atomic E-state index is 13.4. The van der Waals surface area contributed by atoms with Gasteiger partial charge in [0.05, 0.1) is 0 Å². The fourth-order valence-corrected chi connectivity index (χ4v) is 5.08. The highest BCUT2D eigenvalue weighted by Gasteiger charge is 2.30. The summed E-state index contributed by atoms with van der Waals surface area (Å²) in [5.74, 6) is 0.737. The van der Waals surface area contributed by atoms with Crippen LogP contribution >= 0.6 is 0 Å². The molecule has 1 aliphatic heterocycles. The second-order valence-corrected chi connectivity index (χ2v) is 9.01. The first-order chi connectivity index (χ1) is 14.1. The van der Waals surface area contributed by atoms with Gasteiger partial charge in [0.25, 0.3) is 0 Å². The van der Waals surface area contributed by atoms with Gasteiger partial charge >= 0.3 is 0 Å². The number of likely N-dealkylation sites (tertiary alicyclic amines) is 1. The molecular weight excluding hydrogens is 361 g/mol. The summed E-state index contributed by atoms with van der Waals surface area (Å²) in [6.45, 7) is 2.32. The lowest BCUT2D eigenvalue weighted by Crippen LogP contribution is -2.29. The Morgan fingerprint density at radius 2 is 1.62 bits per heavy atom. The Labute approximate surface area is 175 Å². The normalized spacial score (nSPS) is 20.1. The van der Waals surface area contributed by atoms with Crippen molar-refractivity contribution in [2.24, 2.45) is 5.92 Å². The molecule has 1 heterocycles. The minimum Gasteiger partial charge on any atom is -0.306 e. The van der Waals surface area contributed by atoms with E-state index < -0.39 is 0 Å². The zero-order chi connectivity index (χ0) is 20.2. The Kier molecular flexibility index (Phi) is 6.44. The number of piperidine rings is 1. The number of halogens is 1. The van der Waals surface area contributed by atoms with E-state index in [4.69, 9.17) is 0 Å². The van der Waals surface area contributed by atoms with Crippen molar-refractivity contribution >= 4 is 5.78 Å². The van der Waals surface area contributed by atoms with Crippen molar-refractivity contribution in [1.29, 1.82) is 0 Å². The van der Waals surface area contributed by atoms with Gasteiger partial charge in [-0.15, -0.1) is 0 Å². The molecule has 1 unspecified atom stereocenters. The fraction of sp³-hybridized carbons (Fsp3) is 0.500. The number of benzene rings is 2. The van der Waals surface area contributed by atoms with Crippen LogP contribution < -0.4 is 0 Å². The summed E-state index contributed by atoms with van der Waals surface area (Å²) in [5.41, 5.74) is 3.56. The van der Waals surface area contributed by atoms with E-state index in [0.29, 0.717) is 18.1 Å². The summed E-state index contributed by atoms with van der Waals surface area (Å²) in [6, 6.07) is 15.5. The molecule has 2 aromatic carbocycles. The van der Waals surface area contributed by atoms with Gasteiger partial charge in [-0.1, -0.05) is 49.2 Å². The Morgan fingerprint density at radius 3 is 2.24 bits per heavy atom. The minimum absolute atomic E-state index is 0. The Balaban J connectivity index is 0.00000256. The van der Waals surface area contributed by atoms with Crippen molar-refractivity contribution in [1.82, 2.24) is 4.90 Å². The van der Waals surface area contributed by atoms with Crippen LogP contribution in [0.5, 0.6) is 0 Å². The van der Waals surface area contributed by atoms with E-state index in [2.05, 4.69) is 36.2 Å². The van der Waals surface area contributed by atoms with Crippen molar-refractivity contribution in [3.63, 3.8) is 0 Å². The number of hydrogen-bond donors (Lipinski definition) is 0. The van der Waals surface area contributed by atoms with Crippen LogP contribution in [0.1, 0.15) is 68.5 Å². The monoisotopic (exact) mass is 395 g/mol. The lowest BCUT2D eigenvalue weighted by atomic mass is 9.82. The van der Waals surface area contributed by atoms with Crippen LogP contribution in [-0.2, 0) is 11.2 Å². The van der Waals surface area contributed by atoms with E-state index in [1.807, 2.05) is 0 Å². The van der Waals surface area contributed by atoms with Gasteiger partial charge in [0, 0.05) is 13.3 Å². The summed E-state index contributed by atoms with van der Waals surface area (Å²) >= 11 is 0. The van der Waals surface area contributed by atoms with Gasteiger partial charge < -0.3 is 4.90 Å². The number of carbonyl (C=O) groups is 1. The zero-order valence-electron chi connectivity index (χ0n) is 17.4. The third-order valence-electron chi connectivity index (χ3n) is 6.98. The molecule has 2 fully saturated rings. The average molecular weight is 396 g/mol. The zero-order valence-corrected chi connectivity index (χ0v) is 17.4. The predicted octanol–water partition coefficient (Wildman–Crippen LogP) is 5.97. The molecule has 0 bridgehead atoms. The molecule has 1 atom stereocenters. The standard InChI is InChI=1S/C26H32FNO.H2/c1-28-16-14-21(15-17-28)20-8-6-19(7-9-20)18-25(22-10-12-24(27)13-11-22)26(29)23-4-2-3-5-23;/h6-13,21,23,25H,2-5,14-18H2,1H3;1H. The SMILES string of the molecule is CN1CCC(c2ccc(CC(C(=O)C3CCCC3)c3ccc(F)cc3)cc2)CC1.[HH]. The molecule has 2 nitrogen and oxygen atoms in total. The third kappa shape index (κ3) is 4.95. The van der Waals surface area contributed by atoms with Crippen molar-refractivity contribution in [3.8, 4) is 0 Å². The molecule has 2 aliphatic rings. The van der Waals surface area contributed by atoms with Gasteiger partial charge in [0.1, 0.15) is 11.6 Å². The van der Waals surface area contributed by atoms with Crippen LogP contribution in [0.25, 0.3) is 0 Å². The van der Waals surface area contributed by atoms with E-state index in [1.165, 1.54) is 36.1 Å². The third-order valence-corrected chi connectivity index (χ3v) is 6.98. The Morgan fingerprint density at radius 1 is 1.00 bits per heavy atom. The predicted molar refractivity (Wildman–Crippen MR) is 118 cm³/mol. The van der Waals surface area contributed by atoms with Crippen molar-refractivity contribution < 1.29 is 10.6 Å². The molecule has 156 valence electrons. The minimum atomic E-state index is -0.247. The maximum Gasteiger partial charge on any atom is 0.143 e. The quantitative estimate of drug-likeness (QED) is 0.601. The van der Waals surface area contributed by atoms with E-state index in [-0.39, 0.29) is 19.1 Å². The van der Waals surface area contributed by atoms with E-state index in [9.17, 15) is 9.18 Å².